The summed E-state index contributed by atoms with van der Waals surface area (Å²) in [6, 6.07) is 3.73. The lowest BCUT2D eigenvalue weighted by molar-refractivity contribution is 0.587. The maximum atomic E-state index is 11.0. The SMILES string of the molecule is O=S(=O)(CBr)NCCc1ccncc1. The highest BCUT2D eigenvalue weighted by atomic mass is 79.9. The van der Waals surface area contributed by atoms with Crippen LogP contribution in [0.4, 0.5) is 0 Å². The van der Waals surface area contributed by atoms with Crippen LogP contribution in [0.1, 0.15) is 5.56 Å². The van der Waals surface area contributed by atoms with Crippen LogP contribution in [0.25, 0.3) is 0 Å². The minimum atomic E-state index is -3.14. The first kappa shape index (κ1) is 11.6. The highest BCUT2D eigenvalue weighted by Gasteiger charge is 2.05. The molecule has 14 heavy (non-hydrogen) atoms. The molecule has 0 aromatic carbocycles. The smallest absolute Gasteiger partial charge is 0.221 e. The molecule has 6 heteroatoms. The maximum Gasteiger partial charge on any atom is 0.221 e. The van der Waals surface area contributed by atoms with E-state index in [4.69, 9.17) is 0 Å². The number of nitrogens with one attached hydrogen (secondary N) is 1. The van der Waals surface area contributed by atoms with E-state index >= 15 is 0 Å². The van der Waals surface area contributed by atoms with Gasteiger partial charge in [-0.25, -0.2) is 13.1 Å². The first-order valence-corrected chi connectivity index (χ1v) is 6.83. The normalized spacial score (nSPS) is 11.5. The Morgan fingerprint density at radius 3 is 2.57 bits per heavy atom. The highest BCUT2D eigenvalue weighted by molar-refractivity contribution is 9.10. The Morgan fingerprint density at radius 1 is 1.36 bits per heavy atom. The summed E-state index contributed by atoms with van der Waals surface area (Å²) >= 11 is 2.90. The van der Waals surface area contributed by atoms with Crippen LogP contribution in [-0.2, 0) is 16.4 Å². The standard InChI is InChI=1S/C8H11BrN2O2S/c9-7-14(12,13)11-6-3-8-1-4-10-5-2-8/h1-2,4-5,11H,3,6-7H2. The van der Waals surface area contributed by atoms with Crippen LogP contribution < -0.4 is 4.72 Å². The van der Waals surface area contributed by atoms with Gasteiger partial charge in [-0.15, -0.1) is 0 Å². The fourth-order valence-corrected chi connectivity index (χ4v) is 1.91. The topological polar surface area (TPSA) is 59.1 Å². The average molecular weight is 279 g/mol. The minimum Gasteiger partial charge on any atom is -0.265 e. The van der Waals surface area contributed by atoms with Gasteiger partial charge in [-0.2, -0.15) is 0 Å². The summed E-state index contributed by atoms with van der Waals surface area (Å²) in [4.78, 5) is 3.87. The Hall–Kier alpha value is -0.460. The lowest BCUT2D eigenvalue weighted by Gasteiger charge is -2.03. The zero-order chi connectivity index (χ0) is 10.4. The third-order valence-electron chi connectivity index (χ3n) is 1.63. The van der Waals surface area contributed by atoms with Gasteiger partial charge in [0.2, 0.25) is 10.0 Å². The molecule has 0 atom stereocenters. The van der Waals surface area contributed by atoms with Gasteiger partial charge in [-0.05, 0) is 24.1 Å². The van der Waals surface area contributed by atoms with Crippen LogP contribution in [0.3, 0.4) is 0 Å². The van der Waals surface area contributed by atoms with Gasteiger partial charge < -0.3 is 0 Å². The van der Waals surface area contributed by atoms with Gasteiger partial charge in [0.25, 0.3) is 0 Å². The van der Waals surface area contributed by atoms with Crippen molar-refractivity contribution in [2.45, 2.75) is 6.42 Å². The summed E-state index contributed by atoms with van der Waals surface area (Å²) in [5.41, 5.74) is 1.07. The molecule has 0 aliphatic rings. The quantitative estimate of drug-likeness (QED) is 0.814. The molecule has 0 spiro atoms. The number of pyridine rings is 1. The number of nitrogens with zero attached hydrogens (tertiary/aromatic N) is 1. The van der Waals surface area contributed by atoms with Crippen molar-refractivity contribution < 1.29 is 8.42 Å². The Kier molecular flexibility index (Phi) is 4.50. The van der Waals surface area contributed by atoms with E-state index in [1.54, 1.807) is 12.4 Å². The summed E-state index contributed by atoms with van der Waals surface area (Å²) in [6.07, 6.45) is 4.05. The van der Waals surface area contributed by atoms with Gasteiger partial charge in [0.15, 0.2) is 0 Å². The molecular weight excluding hydrogens is 268 g/mol. The van der Waals surface area contributed by atoms with Crippen molar-refractivity contribution in [3.63, 3.8) is 0 Å². The molecule has 0 aliphatic carbocycles. The van der Waals surface area contributed by atoms with E-state index in [0.717, 1.165) is 5.56 Å². The number of hydrogen-bond donors (Lipinski definition) is 1. The van der Waals surface area contributed by atoms with Gasteiger partial charge in [0.05, 0.1) is 0 Å². The van der Waals surface area contributed by atoms with E-state index in [9.17, 15) is 8.42 Å². The van der Waals surface area contributed by atoms with Crippen molar-refractivity contribution in [1.29, 1.82) is 0 Å². The second-order valence-electron chi connectivity index (χ2n) is 2.72. The molecule has 0 bridgehead atoms. The van der Waals surface area contributed by atoms with Crippen molar-refractivity contribution in [2.75, 3.05) is 11.2 Å². The predicted octanol–water partition coefficient (Wildman–Crippen LogP) is 0.896. The second kappa shape index (κ2) is 5.43. The summed E-state index contributed by atoms with van der Waals surface area (Å²) in [7, 11) is -3.14. The maximum absolute atomic E-state index is 11.0. The minimum absolute atomic E-state index is 0.0592. The molecule has 1 aromatic heterocycles. The monoisotopic (exact) mass is 278 g/mol. The number of sulfonamides is 1. The van der Waals surface area contributed by atoms with E-state index in [1.165, 1.54) is 0 Å². The van der Waals surface area contributed by atoms with E-state index in [-0.39, 0.29) is 4.66 Å². The van der Waals surface area contributed by atoms with Crippen molar-refractivity contribution in [3.8, 4) is 0 Å². The molecule has 78 valence electrons. The molecule has 4 nitrogen and oxygen atoms in total. The predicted molar refractivity (Wildman–Crippen MR) is 58.7 cm³/mol. The van der Waals surface area contributed by atoms with Crippen molar-refractivity contribution in [1.82, 2.24) is 9.71 Å². The number of rotatable bonds is 5. The van der Waals surface area contributed by atoms with Crippen LogP contribution >= 0.6 is 15.9 Å². The van der Waals surface area contributed by atoms with Crippen LogP contribution in [0.2, 0.25) is 0 Å². The molecule has 0 saturated heterocycles. The van der Waals surface area contributed by atoms with Gasteiger partial charge in [0.1, 0.15) is 4.66 Å². The Labute approximate surface area is 91.9 Å². The zero-order valence-electron chi connectivity index (χ0n) is 7.48. The van der Waals surface area contributed by atoms with Crippen molar-refractivity contribution in [2.24, 2.45) is 0 Å². The molecule has 0 fully saturated rings. The first-order chi connectivity index (χ1) is 6.64. The zero-order valence-corrected chi connectivity index (χ0v) is 9.88. The lowest BCUT2D eigenvalue weighted by atomic mass is 10.2. The Balaban J connectivity index is 2.37. The Morgan fingerprint density at radius 2 is 2.00 bits per heavy atom. The molecular formula is C8H11BrN2O2S. The van der Waals surface area contributed by atoms with Gasteiger partial charge in [0, 0.05) is 18.9 Å². The molecule has 0 amide bonds. The molecule has 0 unspecified atom stereocenters. The van der Waals surface area contributed by atoms with Gasteiger partial charge in [-0.3, -0.25) is 4.98 Å². The number of alkyl halides is 1. The second-order valence-corrected chi connectivity index (χ2v) is 5.83. The molecule has 1 rings (SSSR count). The number of halogens is 1. The van der Waals surface area contributed by atoms with Gasteiger partial charge >= 0.3 is 0 Å². The van der Waals surface area contributed by atoms with Crippen LogP contribution in [0, 0.1) is 0 Å². The van der Waals surface area contributed by atoms with Crippen molar-refractivity contribution in [3.05, 3.63) is 30.1 Å². The molecule has 1 heterocycles. The first-order valence-electron chi connectivity index (χ1n) is 4.06. The van der Waals surface area contributed by atoms with Gasteiger partial charge in [-0.1, -0.05) is 15.9 Å². The summed E-state index contributed by atoms with van der Waals surface area (Å²) in [5, 5.41) is 0. The third-order valence-corrected chi connectivity index (χ3v) is 4.37. The summed E-state index contributed by atoms with van der Waals surface area (Å²) < 4.78 is 24.4. The molecule has 0 radical (unpaired) electrons. The summed E-state index contributed by atoms with van der Waals surface area (Å²) in [6.45, 7) is 0.415. The van der Waals surface area contributed by atoms with E-state index in [2.05, 4.69) is 25.6 Å². The van der Waals surface area contributed by atoms with E-state index in [1.807, 2.05) is 12.1 Å². The Bertz CT molecular complexity index is 366. The third kappa shape index (κ3) is 4.17. The average Bonchev–Trinajstić information content (AvgIpc) is 2.19. The summed E-state index contributed by atoms with van der Waals surface area (Å²) in [5.74, 6) is 0. The lowest BCUT2D eigenvalue weighted by Crippen LogP contribution is -2.26. The van der Waals surface area contributed by atoms with E-state index in [0.29, 0.717) is 13.0 Å². The molecule has 1 N–H and O–H groups in total. The van der Waals surface area contributed by atoms with Crippen LogP contribution in [0.5, 0.6) is 0 Å². The molecule has 1 aromatic rings. The van der Waals surface area contributed by atoms with Crippen LogP contribution in [-0.4, -0.2) is 24.6 Å². The van der Waals surface area contributed by atoms with E-state index < -0.39 is 10.0 Å². The highest BCUT2D eigenvalue weighted by Crippen LogP contribution is 1.97. The van der Waals surface area contributed by atoms with Crippen LogP contribution in [0.15, 0.2) is 24.5 Å². The fraction of sp³-hybridized carbons (Fsp3) is 0.375. The fourth-order valence-electron chi connectivity index (χ4n) is 0.939. The number of hydrogen-bond acceptors (Lipinski definition) is 3. The number of aromatic nitrogens is 1. The molecule has 0 aliphatic heterocycles. The molecule has 0 saturated carbocycles. The van der Waals surface area contributed by atoms with Crippen molar-refractivity contribution >= 4 is 26.0 Å². The largest absolute Gasteiger partial charge is 0.265 e.